The van der Waals surface area contributed by atoms with Gasteiger partial charge in [-0.3, -0.25) is 4.79 Å². The maximum Gasteiger partial charge on any atom is 0.262 e. The fourth-order valence-electron chi connectivity index (χ4n) is 3.35. The van der Waals surface area contributed by atoms with Crippen molar-refractivity contribution < 1.29 is 4.79 Å². The third-order valence-electron chi connectivity index (χ3n) is 5.12. The molecule has 0 aliphatic heterocycles. The first kappa shape index (κ1) is 19.4. The number of hydrogen-bond acceptors (Lipinski definition) is 2. The van der Waals surface area contributed by atoms with Gasteiger partial charge in [0.05, 0.1) is 0 Å². The Kier molecular flexibility index (Phi) is 5.65. The summed E-state index contributed by atoms with van der Waals surface area (Å²) in [7, 11) is 0. The summed E-state index contributed by atoms with van der Waals surface area (Å²) < 4.78 is 2.15. The molecule has 0 aliphatic rings. The highest BCUT2D eigenvalue weighted by Gasteiger charge is 2.15. The number of hydrogen-bond donors (Lipinski definition) is 1. The molecule has 1 aromatic heterocycles. The van der Waals surface area contributed by atoms with E-state index in [0.29, 0.717) is 0 Å². The van der Waals surface area contributed by atoms with E-state index in [1.807, 2.05) is 52.0 Å². The van der Waals surface area contributed by atoms with E-state index >= 15 is 0 Å². The molecule has 4 heteroatoms. The average Bonchev–Trinajstić information content (AvgIpc) is 2.98. The highest BCUT2D eigenvalue weighted by Crippen LogP contribution is 2.25. The number of carbonyl (C=O) groups excluding carboxylic acids is 1. The molecular weight excluding hydrogens is 346 g/mol. The summed E-state index contributed by atoms with van der Waals surface area (Å²) in [4.78, 5) is 12.4. The predicted molar refractivity (Wildman–Crippen MR) is 114 cm³/mol. The molecular formula is C24H25N3O. The van der Waals surface area contributed by atoms with Crippen molar-refractivity contribution in [2.24, 2.45) is 0 Å². The van der Waals surface area contributed by atoms with Crippen LogP contribution in [-0.2, 0) is 4.79 Å². The number of nitriles is 1. The van der Waals surface area contributed by atoms with Crippen LogP contribution in [0.5, 0.6) is 0 Å². The minimum Gasteiger partial charge on any atom is -0.349 e. The van der Waals surface area contributed by atoms with E-state index in [-0.39, 0.29) is 17.5 Å². The Morgan fingerprint density at radius 2 is 1.89 bits per heavy atom. The van der Waals surface area contributed by atoms with Crippen LogP contribution in [0.15, 0.2) is 54.1 Å². The fourth-order valence-corrected chi connectivity index (χ4v) is 3.35. The first-order valence-corrected chi connectivity index (χ1v) is 9.55. The van der Waals surface area contributed by atoms with E-state index in [1.165, 1.54) is 10.8 Å². The highest BCUT2D eigenvalue weighted by atomic mass is 16.1. The molecule has 0 saturated heterocycles. The van der Waals surface area contributed by atoms with Crippen LogP contribution in [0.4, 0.5) is 0 Å². The van der Waals surface area contributed by atoms with Crippen LogP contribution in [0.2, 0.25) is 0 Å². The van der Waals surface area contributed by atoms with Gasteiger partial charge in [-0.15, -0.1) is 0 Å². The molecule has 0 saturated carbocycles. The van der Waals surface area contributed by atoms with Gasteiger partial charge in [-0.05, 0) is 67.8 Å². The topological polar surface area (TPSA) is 57.8 Å². The van der Waals surface area contributed by atoms with Crippen molar-refractivity contribution in [3.05, 3.63) is 71.1 Å². The minimum absolute atomic E-state index is 0.0364. The van der Waals surface area contributed by atoms with Gasteiger partial charge in [0.1, 0.15) is 11.6 Å². The third kappa shape index (κ3) is 3.84. The van der Waals surface area contributed by atoms with Gasteiger partial charge >= 0.3 is 0 Å². The molecule has 2 aromatic carbocycles. The van der Waals surface area contributed by atoms with Crippen molar-refractivity contribution in [1.29, 1.82) is 5.26 Å². The van der Waals surface area contributed by atoms with Crippen molar-refractivity contribution >= 4 is 22.8 Å². The Morgan fingerprint density at radius 1 is 1.18 bits per heavy atom. The van der Waals surface area contributed by atoms with Crippen LogP contribution < -0.4 is 5.32 Å². The van der Waals surface area contributed by atoms with Crippen molar-refractivity contribution in [2.75, 3.05) is 0 Å². The number of fused-ring (bicyclic) bond motifs is 1. The van der Waals surface area contributed by atoms with Crippen LogP contribution >= 0.6 is 0 Å². The first-order valence-electron chi connectivity index (χ1n) is 9.55. The molecule has 3 aromatic rings. The van der Waals surface area contributed by atoms with Crippen molar-refractivity contribution in [3.63, 3.8) is 0 Å². The monoisotopic (exact) mass is 371 g/mol. The molecule has 0 radical (unpaired) electrons. The summed E-state index contributed by atoms with van der Waals surface area (Å²) in [6.45, 7) is 7.97. The quantitative estimate of drug-likeness (QED) is 0.503. The number of benzene rings is 2. The van der Waals surface area contributed by atoms with Gasteiger partial charge in [-0.1, -0.05) is 37.3 Å². The second-order valence-electron chi connectivity index (χ2n) is 7.15. The molecule has 142 valence electrons. The lowest BCUT2D eigenvalue weighted by Gasteiger charge is -2.11. The van der Waals surface area contributed by atoms with Gasteiger partial charge in [-0.2, -0.15) is 5.26 Å². The minimum atomic E-state index is -0.327. The number of nitrogens with zero attached hydrogens (tertiary/aromatic N) is 2. The Morgan fingerprint density at radius 3 is 2.57 bits per heavy atom. The van der Waals surface area contributed by atoms with Crippen LogP contribution in [0, 0.1) is 25.2 Å². The van der Waals surface area contributed by atoms with E-state index in [0.717, 1.165) is 29.1 Å². The molecule has 0 fully saturated rings. The molecule has 3 rings (SSSR count). The molecule has 4 nitrogen and oxygen atoms in total. The molecule has 0 unspecified atom stereocenters. The zero-order valence-corrected chi connectivity index (χ0v) is 16.8. The van der Waals surface area contributed by atoms with Crippen molar-refractivity contribution in [3.8, 4) is 11.8 Å². The lowest BCUT2D eigenvalue weighted by atomic mass is 10.1. The van der Waals surface area contributed by atoms with E-state index in [4.69, 9.17) is 0 Å². The number of aromatic nitrogens is 1. The summed E-state index contributed by atoms with van der Waals surface area (Å²) in [5.41, 5.74) is 4.12. The Bertz CT molecular complexity index is 1100. The summed E-state index contributed by atoms with van der Waals surface area (Å²) in [5.74, 6) is -0.327. The zero-order chi connectivity index (χ0) is 20.3. The summed E-state index contributed by atoms with van der Waals surface area (Å²) >= 11 is 0. The van der Waals surface area contributed by atoms with Crippen LogP contribution in [-0.4, -0.2) is 16.5 Å². The maximum absolute atomic E-state index is 12.4. The zero-order valence-electron chi connectivity index (χ0n) is 16.8. The molecule has 1 amide bonds. The number of rotatable bonds is 5. The molecule has 1 N–H and O–H groups in total. The normalized spacial score (nSPS) is 12.6. The SMILES string of the molecule is CC[C@H](C)NC(=O)/C(C#N)=C/c1cc(C)n(-c2ccc3ccccc3c2)c1C. The van der Waals surface area contributed by atoms with Crippen molar-refractivity contribution in [1.82, 2.24) is 9.88 Å². The second-order valence-corrected chi connectivity index (χ2v) is 7.15. The Balaban J connectivity index is 2.01. The van der Waals surface area contributed by atoms with Gasteiger partial charge in [0.25, 0.3) is 5.91 Å². The predicted octanol–water partition coefficient (Wildman–Crippen LogP) is 5.07. The molecule has 0 bridgehead atoms. The van der Waals surface area contributed by atoms with E-state index in [2.05, 4.69) is 40.2 Å². The molecule has 1 heterocycles. The van der Waals surface area contributed by atoms with Gasteiger partial charge in [-0.25, -0.2) is 0 Å². The fraction of sp³-hybridized carbons (Fsp3) is 0.250. The summed E-state index contributed by atoms with van der Waals surface area (Å²) in [6, 6.07) is 18.7. The van der Waals surface area contributed by atoms with Crippen molar-refractivity contribution in [2.45, 2.75) is 40.2 Å². The van der Waals surface area contributed by atoms with E-state index in [9.17, 15) is 10.1 Å². The van der Waals surface area contributed by atoms with Gasteiger partial charge < -0.3 is 9.88 Å². The number of aryl methyl sites for hydroxylation is 1. The van der Waals surface area contributed by atoms with Gasteiger partial charge in [0.2, 0.25) is 0 Å². The van der Waals surface area contributed by atoms with Gasteiger partial charge in [0, 0.05) is 23.1 Å². The molecule has 0 spiro atoms. The third-order valence-corrected chi connectivity index (χ3v) is 5.12. The number of nitrogens with one attached hydrogen (secondary N) is 1. The van der Waals surface area contributed by atoms with E-state index in [1.54, 1.807) is 6.08 Å². The number of amides is 1. The Hall–Kier alpha value is -3.32. The second kappa shape index (κ2) is 8.14. The van der Waals surface area contributed by atoms with E-state index < -0.39 is 0 Å². The standard InChI is InChI=1S/C24H25N3O/c1-5-16(2)26-24(28)22(15-25)13-21-12-17(3)27(18(21)4)23-11-10-19-8-6-7-9-20(19)14-23/h6-14,16H,5H2,1-4H3,(H,26,28)/b22-13+/t16-/m0/s1. The average molecular weight is 371 g/mol. The molecule has 28 heavy (non-hydrogen) atoms. The lowest BCUT2D eigenvalue weighted by Crippen LogP contribution is -2.32. The molecule has 0 aliphatic carbocycles. The highest BCUT2D eigenvalue weighted by molar-refractivity contribution is 6.02. The van der Waals surface area contributed by atoms with Crippen LogP contribution in [0.3, 0.4) is 0 Å². The number of carbonyl (C=O) groups is 1. The first-order chi connectivity index (χ1) is 13.4. The summed E-state index contributed by atoms with van der Waals surface area (Å²) in [5, 5.41) is 14.7. The maximum atomic E-state index is 12.4. The Labute approximate surface area is 166 Å². The van der Waals surface area contributed by atoms with Crippen LogP contribution in [0.25, 0.3) is 22.5 Å². The summed E-state index contributed by atoms with van der Waals surface area (Å²) in [6.07, 6.45) is 2.50. The molecule has 1 atom stereocenters. The van der Waals surface area contributed by atoms with Crippen LogP contribution in [0.1, 0.15) is 37.2 Å². The smallest absolute Gasteiger partial charge is 0.262 e. The lowest BCUT2D eigenvalue weighted by molar-refractivity contribution is -0.117. The van der Waals surface area contributed by atoms with Gasteiger partial charge in [0.15, 0.2) is 0 Å². The largest absolute Gasteiger partial charge is 0.349 e.